The van der Waals surface area contributed by atoms with Gasteiger partial charge in [-0.15, -0.1) is 0 Å². The Hall–Kier alpha value is -0.780. The minimum Gasteiger partial charge on any atom is -0.493 e. The van der Waals surface area contributed by atoms with E-state index in [9.17, 15) is 5.11 Å². The quantitative estimate of drug-likeness (QED) is 0.760. The zero-order chi connectivity index (χ0) is 15.2. The predicted molar refractivity (Wildman–Crippen MR) is 84.5 cm³/mol. The van der Waals surface area contributed by atoms with Crippen molar-refractivity contribution in [2.45, 2.75) is 39.3 Å². The molecule has 0 unspecified atom stereocenters. The maximum Gasteiger partial charge on any atom is 0.166 e. The largest absolute Gasteiger partial charge is 0.493 e. The minimum absolute atomic E-state index is 0.0692. The summed E-state index contributed by atoms with van der Waals surface area (Å²) in [5.74, 6) is 1.48. The lowest BCUT2D eigenvalue weighted by atomic mass is 10.1. The Bertz CT molecular complexity index is 435. The van der Waals surface area contributed by atoms with Crippen LogP contribution in [0, 0.1) is 0 Å². The molecule has 0 saturated carbocycles. The third-order valence-corrected chi connectivity index (χ3v) is 3.72. The van der Waals surface area contributed by atoms with Crippen molar-refractivity contribution in [3.63, 3.8) is 0 Å². The molecule has 0 aliphatic rings. The summed E-state index contributed by atoms with van der Waals surface area (Å²) in [4.78, 5) is 0. The number of halogens is 1. The average Bonchev–Trinajstić information content (AvgIpc) is 2.44. The normalized spacial score (nSPS) is 11.5. The molecule has 0 spiro atoms. The molecule has 0 radical (unpaired) electrons. The van der Waals surface area contributed by atoms with Gasteiger partial charge in [0.15, 0.2) is 11.5 Å². The lowest BCUT2D eigenvalue weighted by molar-refractivity contribution is 0.186. The fourth-order valence-corrected chi connectivity index (χ4v) is 2.11. The van der Waals surface area contributed by atoms with Crippen molar-refractivity contribution >= 4 is 15.9 Å². The molecule has 0 aliphatic heterocycles. The Labute approximate surface area is 129 Å². The van der Waals surface area contributed by atoms with Crippen LogP contribution in [-0.2, 0) is 6.54 Å². The highest BCUT2D eigenvalue weighted by atomic mass is 79.9. The molecule has 0 heterocycles. The first-order valence-electron chi connectivity index (χ1n) is 6.79. The molecule has 1 aromatic carbocycles. The molecule has 0 aliphatic carbocycles. The molecular formula is C15H24BrNO3. The lowest BCUT2D eigenvalue weighted by Crippen LogP contribution is -2.42. The second-order valence-electron chi connectivity index (χ2n) is 5.30. The van der Waals surface area contributed by atoms with Crippen molar-refractivity contribution in [1.29, 1.82) is 0 Å². The fraction of sp³-hybridized carbons (Fsp3) is 0.600. The maximum atomic E-state index is 9.32. The van der Waals surface area contributed by atoms with Crippen molar-refractivity contribution in [3.05, 3.63) is 22.2 Å². The molecule has 20 heavy (non-hydrogen) atoms. The van der Waals surface area contributed by atoms with Crippen LogP contribution < -0.4 is 14.8 Å². The fourth-order valence-electron chi connectivity index (χ4n) is 1.65. The Kier molecular flexibility index (Phi) is 6.79. The first kappa shape index (κ1) is 17.3. The Morgan fingerprint density at radius 1 is 1.35 bits per heavy atom. The van der Waals surface area contributed by atoms with Gasteiger partial charge in [0.2, 0.25) is 0 Å². The molecular weight excluding hydrogens is 322 g/mol. The molecule has 2 N–H and O–H groups in total. The molecule has 0 aromatic heterocycles. The summed E-state index contributed by atoms with van der Waals surface area (Å²) < 4.78 is 12.2. The molecule has 1 aromatic rings. The summed E-state index contributed by atoms with van der Waals surface area (Å²) in [5.41, 5.74) is 0.657. The molecule has 0 amide bonds. The van der Waals surface area contributed by atoms with Crippen LogP contribution in [0.1, 0.15) is 32.8 Å². The van der Waals surface area contributed by atoms with Gasteiger partial charge in [-0.25, -0.2) is 0 Å². The van der Waals surface area contributed by atoms with Gasteiger partial charge in [0.1, 0.15) is 0 Å². The van der Waals surface area contributed by atoms with Crippen molar-refractivity contribution < 1.29 is 14.6 Å². The van der Waals surface area contributed by atoms with Crippen LogP contribution in [0.25, 0.3) is 0 Å². The van der Waals surface area contributed by atoms with E-state index in [1.807, 2.05) is 26.0 Å². The molecule has 0 saturated heterocycles. The van der Waals surface area contributed by atoms with Crippen molar-refractivity contribution in [3.8, 4) is 11.5 Å². The first-order valence-corrected chi connectivity index (χ1v) is 7.58. The molecule has 0 atom stereocenters. The summed E-state index contributed by atoms with van der Waals surface area (Å²) in [7, 11) is 1.64. The van der Waals surface area contributed by atoms with Crippen LogP contribution in [0.5, 0.6) is 11.5 Å². The van der Waals surface area contributed by atoms with Crippen LogP contribution in [0.3, 0.4) is 0 Å². The van der Waals surface area contributed by atoms with Gasteiger partial charge >= 0.3 is 0 Å². The van der Waals surface area contributed by atoms with Crippen LogP contribution in [-0.4, -0.2) is 31.0 Å². The van der Waals surface area contributed by atoms with Gasteiger partial charge in [0.05, 0.1) is 20.3 Å². The Balaban J connectivity index is 3.02. The Morgan fingerprint density at radius 3 is 2.60 bits per heavy atom. The van der Waals surface area contributed by atoms with E-state index in [2.05, 4.69) is 28.2 Å². The van der Waals surface area contributed by atoms with Crippen LogP contribution in [0.15, 0.2) is 16.6 Å². The van der Waals surface area contributed by atoms with Gasteiger partial charge in [0, 0.05) is 22.1 Å². The molecule has 114 valence electrons. The summed E-state index contributed by atoms with van der Waals surface area (Å²) in [5, 5.41) is 12.6. The zero-order valence-electron chi connectivity index (χ0n) is 12.6. The van der Waals surface area contributed by atoms with Gasteiger partial charge in [-0.2, -0.15) is 0 Å². The third kappa shape index (κ3) is 4.65. The van der Waals surface area contributed by atoms with Crippen LogP contribution >= 0.6 is 15.9 Å². The van der Waals surface area contributed by atoms with Gasteiger partial charge in [-0.1, -0.05) is 22.9 Å². The molecule has 0 fully saturated rings. The number of ether oxygens (including phenoxy) is 2. The second kappa shape index (κ2) is 7.86. The summed E-state index contributed by atoms with van der Waals surface area (Å²) in [6, 6.07) is 3.83. The van der Waals surface area contributed by atoms with Crippen molar-refractivity contribution in [1.82, 2.24) is 5.32 Å². The topological polar surface area (TPSA) is 50.7 Å². The third-order valence-electron chi connectivity index (χ3n) is 2.98. The van der Waals surface area contributed by atoms with E-state index in [0.717, 1.165) is 28.0 Å². The van der Waals surface area contributed by atoms with E-state index in [1.165, 1.54) is 0 Å². The summed E-state index contributed by atoms with van der Waals surface area (Å²) in [6.45, 7) is 7.27. The average molecular weight is 346 g/mol. The lowest BCUT2D eigenvalue weighted by Gasteiger charge is -2.25. The number of methoxy groups -OCH3 is 1. The van der Waals surface area contributed by atoms with Crippen molar-refractivity contribution in [2.75, 3.05) is 20.3 Å². The van der Waals surface area contributed by atoms with Crippen molar-refractivity contribution in [2.24, 2.45) is 0 Å². The van der Waals surface area contributed by atoms with E-state index >= 15 is 0 Å². The standard InChI is InChI=1S/C15H24BrNO3/c1-5-8-20-14-11(9-17-15(2,3)10-18)12(16)6-7-13(14)19-4/h6-7,17-18H,5,8-10H2,1-4H3. The number of aliphatic hydroxyl groups excluding tert-OH is 1. The monoisotopic (exact) mass is 345 g/mol. The van der Waals surface area contributed by atoms with Gasteiger partial charge in [0.25, 0.3) is 0 Å². The van der Waals surface area contributed by atoms with Gasteiger partial charge in [-0.3, -0.25) is 0 Å². The molecule has 1 rings (SSSR count). The highest BCUT2D eigenvalue weighted by Gasteiger charge is 2.19. The number of hydrogen-bond acceptors (Lipinski definition) is 4. The van der Waals surface area contributed by atoms with E-state index in [1.54, 1.807) is 7.11 Å². The minimum atomic E-state index is -0.343. The van der Waals surface area contributed by atoms with Crippen LogP contribution in [0.4, 0.5) is 0 Å². The zero-order valence-corrected chi connectivity index (χ0v) is 14.2. The maximum absolute atomic E-state index is 9.32. The number of aliphatic hydroxyl groups is 1. The highest BCUT2D eigenvalue weighted by Crippen LogP contribution is 2.36. The summed E-state index contributed by atoms with van der Waals surface area (Å²) >= 11 is 3.55. The van der Waals surface area contributed by atoms with E-state index in [0.29, 0.717) is 13.2 Å². The highest BCUT2D eigenvalue weighted by molar-refractivity contribution is 9.10. The first-order chi connectivity index (χ1) is 9.45. The van der Waals surface area contributed by atoms with E-state index < -0.39 is 0 Å². The van der Waals surface area contributed by atoms with Gasteiger partial charge in [-0.05, 0) is 32.4 Å². The van der Waals surface area contributed by atoms with E-state index in [4.69, 9.17) is 9.47 Å². The number of hydrogen-bond donors (Lipinski definition) is 2. The van der Waals surface area contributed by atoms with Crippen LogP contribution in [0.2, 0.25) is 0 Å². The molecule has 5 heteroatoms. The molecule has 0 bridgehead atoms. The Morgan fingerprint density at radius 2 is 2.05 bits per heavy atom. The number of benzene rings is 1. The van der Waals surface area contributed by atoms with Gasteiger partial charge < -0.3 is 19.9 Å². The molecule has 4 nitrogen and oxygen atoms in total. The number of nitrogens with one attached hydrogen (secondary N) is 1. The second-order valence-corrected chi connectivity index (χ2v) is 6.16. The SMILES string of the molecule is CCCOc1c(OC)ccc(Br)c1CNC(C)(C)CO. The summed E-state index contributed by atoms with van der Waals surface area (Å²) in [6.07, 6.45) is 0.935. The number of rotatable bonds is 8. The smallest absolute Gasteiger partial charge is 0.166 e. The predicted octanol–water partition coefficient (Wildman–Crippen LogP) is 3.11. The van der Waals surface area contributed by atoms with E-state index in [-0.39, 0.29) is 12.1 Å².